The molecule has 0 bridgehead atoms. The Morgan fingerprint density at radius 1 is 0.894 bits per heavy atom. The Balaban J connectivity index is 1.29. The van der Waals surface area contributed by atoms with Gasteiger partial charge in [0.15, 0.2) is 6.10 Å². The molecule has 1 amide bonds. The molecule has 2 atom stereocenters. The van der Waals surface area contributed by atoms with Crippen LogP contribution in [0.4, 0.5) is 17.3 Å². The van der Waals surface area contributed by atoms with Crippen LogP contribution in [-0.4, -0.2) is 41.6 Å². The van der Waals surface area contributed by atoms with Crippen molar-refractivity contribution in [3.05, 3.63) is 138 Å². The number of aryl methyl sites for hydroxylation is 1. The standard InChI is InChI=1S/C37H30ClN7O2/c1-23-16-17-27(20-30(23)44-37-40-21-26(38)22-41-37)42-36(47)34(46)32(19-24-9-3-2-4-10-24)45-31-15-6-5-14-29(31)43-35(45)28-13-7-11-25-12-8-18-39-33(25)28/h2-18,20-22,32,34,46H,19H2,1H3,(H,42,47)(H,40,41,44)/t32-,34+/m1/s1. The molecular weight excluding hydrogens is 610 g/mol. The fraction of sp³-hybridized carbons (Fsp3) is 0.108. The summed E-state index contributed by atoms with van der Waals surface area (Å²) in [4.78, 5) is 32.1. The SMILES string of the molecule is Cc1ccc(NC(=O)[C@@H](O)[C@@H](Cc2ccccc2)n2c(-c3cccc4cccnc34)nc3ccccc32)cc1Nc1ncc(Cl)cn1. The highest BCUT2D eigenvalue weighted by Crippen LogP contribution is 2.35. The van der Waals surface area contributed by atoms with Crippen LogP contribution in [0.15, 0.2) is 122 Å². The number of fused-ring (bicyclic) bond motifs is 2. The molecule has 3 N–H and O–H groups in total. The van der Waals surface area contributed by atoms with Gasteiger partial charge in [0.05, 0.1) is 40.0 Å². The van der Waals surface area contributed by atoms with Gasteiger partial charge in [-0.2, -0.15) is 0 Å². The smallest absolute Gasteiger partial charge is 0.255 e. The lowest BCUT2D eigenvalue weighted by Gasteiger charge is -2.27. The summed E-state index contributed by atoms with van der Waals surface area (Å²) >= 11 is 5.94. The first-order chi connectivity index (χ1) is 22.9. The number of nitrogens with one attached hydrogen (secondary N) is 2. The summed E-state index contributed by atoms with van der Waals surface area (Å²) in [7, 11) is 0. The van der Waals surface area contributed by atoms with Crippen molar-refractivity contribution in [1.82, 2.24) is 24.5 Å². The minimum atomic E-state index is -1.45. The minimum Gasteiger partial charge on any atom is -0.381 e. The van der Waals surface area contributed by atoms with Gasteiger partial charge in [-0.15, -0.1) is 0 Å². The Bertz CT molecular complexity index is 2200. The number of benzene rings is 4. The van der Waals surface area contributed by atoms with E-state index < -0.39 is 18.1 Å². The van der Waals surface area contributed by atoms with Crippen LogP contribution in [0, 0.1) is 6.92 Å². The third-order valence-electron chi connectivity index (χ3n) is 8.09. The highest BCUT2D eigenvalue weighted by molar-refractivity contribution is 6.30. The molecule has 232 valence electrons. The van der Waals surface area contributed by atoms with Crippen molar-refractivity contribution < 1.29 is 9.90 Å². The van der Waals surface area contributed by atoms with Crippen LogP contribution < -0.4 is 10.6 Å². The van der Waals surface area contributed by atoms with Crippen molar-refractivity contribution in [2.24, 2.45) is 0 Å². The second kappa shape index (κ2) is 13.0. The van der Waals surface area contributed by atoms with E-state index in [2.05, 4.69) is 25.6 Å². The summed E-state index contributed by atoms with van der Waals surface area (Å²) in [5.74, 6) is 0.433. The van der Waals surface area contributed by atoms with Gasteiger partial charge >= 0.3 is 0 Å². The van der Waals surface area contributed by atoms with Gasteiger partial charge in [0.25, 0.3) is 5.91 Å². The van der Waals surface area contributed by atoms with Gasteiger partial charge in [-0.25, -0.2) is 15.0 Å². The number of pyridine rings is 1. The topological polar surface area (TPSA) is 118 Å². The number of aliphatic hydroxyl groups excluding tert-OH is 1. The second-order valence-corrected chi connectivity index (χ2v) is 11.7. The van der Waals surface area contributed by atoms with Gasteiger partial charge in [-0.3, -0.25) is 9.78 Å². The molecule has 3 heterocycles. The van der Waals surface area contributed by atoms with Gasteiger partial charge in [-0.05, 0) is 60.9 Å². The van der Waals surface area contributed by atoms with Crippen molar-refractivity contribution in [3.63, 3.8) is 0 Å². The lowest BCUT2D eigenvalue weighted by atomic mass is 9.99. The summed E-state index contributed by atoms with van der Waals surface area (Å²) in [6, 6.07) is 32.2. The molecule has 0 aliphatic heterocycles. The van der Waals surface area contributed by atoms with Crippen LogP contribution >= 0.6 is 11.6 Å². The molecule has 7 aromatic rings. The molecule has 4 aromatic carbocycles. The Hall–Kier alpha value is -5.64. The molecule has 9 nitrogen and oxygen atoms in total. The zero-order chi connectivity index (χ0) is 32.3. The Labute approximate surface area is 276 Å². The number of hydrogen-bond acceptors (Lipinski definition) is 7. The van der Waals surface area contributed by atoms with E-state index >= 15 is 0 Å². The predicted octanol–water partition coefficient (Wildman–Crippen LogP) is 7.53. The Kier molecular flexibility index (Phi) is 8.31. The molecule has 47 heavy (non-hydrogen) atoms. The number of aliphatic hydroxyl groups is 1. The Morgan fingerprint density at radius 2 is 1.66 bits per heavy atom. The number of para-hydroxylation sites is 3. The molecule has 0 saturated heterocycles. The fourth-order valence-electron chi connectivity index (χ4n) is 5.78. The first kappa shape index (κ1) is 30.0. The van der Waals surface area contributed by atoms with Crippen LogP contribution in [0.25, 0.3) is 33.3 Å². The van der Waals surface area contributed by atoms with E-state index in [1.807, 2.05) is 102 Å². The normalized spacial score (nSPS) is 12.6. The number of imidazole rings is 1. The van der Waals surface area contributed by atoms with Crippen LogP contribution in [0.3, 0.4) is 0 Å². The summed E-state index contributed by atoms with van der Waals surface area (Å²) in [6.07, 6.45) is 3.68. The number of rotatable bonds is 9. The molecule has 0 aliphatic carbocycles. The summed E-state index contributed by atoms with van der Waals surface area (Å²) in [5, 5.41) is 19.5. The zero-order valence-electron chi connectivity index (χ0n) is 25.4. The summed E-state index contributed by atoms with van der Waals surface area (Å²) in [6.45, 7) is 1.93. The maximum atomic E-state index is 14.0. The average Bonchev–Trinajstić information content (AvgIpc) is 3.48. The molecule has 0 fully saturated rings. The third-order valence-corrected chi connectivity index (χ3v) is 8.29. The van der Waals surface area contributed by atoms with Crippen molar-refractivity contribution in [3.8, 4) is 11.4 Å². The highest BCUT2D eigenvalue weighted by atomic mass is 35.5. The molecule has 0 spiro atoms. The predicted molar refractivity (Wildman–Crippen MR) is 186 cm³/mol. The van der Waals surface area contributed by atoms with E-state index in [1.165, 1.54) is 12.4 Å². The summed E-state index contributed by atoms with van der Waals surface area (Å²) in [5.41, 5.74) is 6.23. The van der Waals surface area contributed by atoms with Crippen molar-refractivity contribution in [2.45, 2.75) is 25.5 Å². The van der Waals surface area contributed by atoms with Gasteiger partial charge in [0.2, 0.25) is 5.95 Å². The number of nitrogens with zero attached hydrogens (tertiary/aromatic N) is 5. The lowest BCUT2D eigenvalue weighted by Crippen LogP contribution is -2.37. The Morgan fingerprint density at radius 3 is 2.49 bits per heavy atom. The quantitative estimate of drug-likeness (QED) is 0.149. The first-order valence-electron chi connectivity index (χ1n) is 15.1. The molecule has 0 unspecified atom stereocenters. The van der Waals surface area contributed by atoms with Crippen LogP contribution in [0.5, 0.6) is 0 Å². The monoisotopic (exact) mass is 639 g/mol. The van der Waals surface area contributed by atoms with Crippen LogP contribution in [0.1, 0.15) is 17.2 Å². The maximum absolute atomic E-state index is 14.0. The number of carbonyl (C=O) groups is 1. The zero-order valence-corrected chi connectivity index (χ0v) is 26.1. The van der Waals surface area contributed by atoms with E-state index in [9.17, 15) is 9.90 Å². The second-order valence-electron chi connectivity index (χ2n) is 11.2. The molecule has 0 saturated carbocycles. The molecule has 0 aliphatic rings. The fourth-order valence-corrected chi connectivity index (χ4v) is 5.87. The molecule has 10 heteroatoms. The van der Waals surface area contributed by atoms with Crippen molar-refractivity contribution in [2.75, 3.05) is 10.6 Å². The van der Waals surface area contributed by atoms with Crippen molar-refractivity contribution in [1.29, 1.82) is 0 Å². The molecule has 0 radical (unpaired) electrons. The number of halogens is 1. The van der Waals surface area contributed by atoms with Crippen LogP contribution in [-0.2, 0) is 11.2 Å². The average molecular weight is 640 g/mol. The third kappa shape index (κ3) is 6.27. The van der Waals surface area contributed by atoms with Gasteiger partial charge < -0.3 is 20.3 Å². The molecule has 3 aromatic heterocycles. The number of carbonyl (C=O) groups excluding carboxylic acids is 1. The number of hydrogen-bond donors (Lipinski definition) is 3. The van der Waals surface area contributed by atoms with E-state index in [-0.39, 0.29) is 0 Å². The van der Waals surface area contributed by atoms with Crippen LogP contribution in [0.2, 0.25) is 5.02 Å². The van der Waals surface area contributed by atoms with E-state index in [1.54, 1.807) is 18.3 Å². The maximum Gasteiger partial charge on any atom is 0.255 e. The van der Waals surface area contributed by atoms with Gasteiger partial charge in [0.1, 0.15) is 5.82 Å². The number of amides is 1. The molecule has 7 rings (SSSR count). The number of anilines is 3. The van der Waals surface area contributed by atoms with E-state index in [4.69, 9.17) is 16.6 Å². The first-order valence-corrected chi connectivity index (χ1v) is 15.5. The highest BCUT2D eigenvalue weighted by Gasteiger charge is 2.32. The minimum absolute atomic E-state index is 0.367. The van der Waals surface area contributed by atoms with Gasteiger partial charge in [0, 0.05) is 28.5 Å². The number of aromatic nitrogens is 5. The molecular formula is C37H30ClN7O2. The van der Waals surface area contributed by atoms with Gasteiger partial charge in [-0.1, -0.05) is 78.3 Å². The summed E-state index contributed by atoms with van der Waals surface area (Å²) < 4.78 is 1.98. The largest absolute Gasteiger partial charge is 0.381 e. The lowest BCUT2D eigenvalue weighted by molar-refractivity contribution is -0.126. The van der Waals surface area contributed by atoms with Crippen molar-refractivity contribution >= 4 is 56.8 Å². The van der Waals surface area contributed by atoms with E-state index in [0.29, 0.717) is 34.6 Å². The van der Waals surface area contributed by atoms with E-state index in [0.717, 1.165) is 38.6 Å².